The summed E-state index contributed by atoms with van der Waals surface area (Å²) in [7, 11) is 0. The summed E-state index contributed by atoms with van der Waals surface area (Å²) in [6, 6.07) is 2.81. The predicted octanol–water partition coefficient (Wildman–Crippen LogP) is 4.88. The number of nitrogens with zero attached hydrogens (tertiary/aromatic N) is 1. The zero-order chi connectivity index (χ0) is 12.8. The van der Waals surface area contributed by atoms with Gasteiger partial charge in [-0.15, -0.1) is 36.2 Å². The fraction of sp³-hybridized carbons (Fsp3) is 0.714. The van der Waals surface area contributed by atoms with Gasteiger partial charge in [0.05, 0.1) is 0 Å². The van der Waals surface area contributed by atoms with E-state index in [-0.39, 0.29) is 24.8 Å². The van der Waals surface area contributed by atoms with Crippen molar-refractivity contribution in [2.24, 2.45) is 0 Å². The smallest absolute Gasteiger partial charge is 0.0453 e. The molecular weight excluding hydrogens is 379 g/mol. The zero-order valence-corrected chi connectivity index (χ0v) is 16.0. The van der Waals surface area contributed by atoms with E-state index < -0.39 is 0 Å². The largest absolute Gasteiger partial charge is 0.314 e. The number of hydrogen-bond acceptors (Lipinski definition) is 3. The van der Waals surface area contributed by atoms with Gasteiger partial charge in [-0.25, -0.2) is 0 Å². The lowest BCUT2D eigenvalue weighted by Crippen LogP contribution is -2.45. The topological polar surface area (TPSA) is 15.3 Å². The maximum Gasteiger partial charge on any atom is 0.0453 e. The van der Waals surface area contributed by atoms with Gasteiger partial charge in [0.15, 0.2) is 0 Å². The minimum atomic E-state index is 0. The molecule has 1 aromatic rings. The lowest BCUT2D eigenvalue weighted by molar-refractivity contribution is 0.165. The Morgan fingerprint density at radius 1 is 1.30 bits per heavy atom. The van der Waals surface area contributed by atoms with E-state index in [0.29, 0.717) is 6.04 Å². The molecule has 6 heteroatoms. The highest BCUT2D eigenvalue weighted by Gasteiger charge is 2.24. The molecule has 1 N–H and O–H groups in total. The van der Waals surface area contributed by atoms with E-state index in [0.717, 1.165) is 13.1 Å². The van der Waals surface area contributed by atoms with Gasteiger partial charge in [-0.05, 0) is 33.8 Å². The Balaban J connectivity index is 0.00000180. The average molecular weight is 404 g/mol. The Hall–Kier alpha value is 0.680. The molecule has 0 radical (unpaired) electrons. The third-order valence-corrected chi connectivity index (χ3v) is 5.59. The molecule has 0 unspecified atom stereocenters. The van der Waals surface area contributed by atoms with Crippen LogP contribution in [0.15, 0.2) is 15.9 Å². The Labute approximate surface area is 147 Å². The quantitative estimate of drug-likeness (QED) is 0.680. The molecule has 1 atom stereocenters. The van der Waals surface area contributed by atoms with Crippen molar-refractivity contribution >= 4 is 52.1 Å². The first-order valence-corrected chi connectivity index (χ1v) is 8.68. The van der Waals surface area contributed by atoms with Gasteiger partial charge in [0.2, 0.25) is 0 Å². The van der Waals surface area contributed by atoms with Crippen molar-refractivity contribution in [3.63, 3.8) is 0 Å². The maximum atomic E-state index is 3.71. The molecule has 1 fully saturated rings. The Kier molecular flexibility index (Phi) is 11.7. The van der Waals surface area contributed by atoms with Crippen LogP contribution in [0.5, 0.6) is 0 Å². The third-order valence-electron chi connectivity index (χ3n) is 3.62. The van der Waals surface area contributed by atoms with Crippen molar-refractivity contribution in [3.05, 3.63) is 20.8 Å². The summed E-state index contributed by atoms with van der Waals surface area (Å²) >= 11 is 5.61. The summed E-state index contributed by atoms with van der Waals surface area (Å²) in [6.45, 7) is 6.91. The molecule has 2 heterocycles. The fourth-order valence-corrected chi connectivity index (χ4v) is 4.41. The Morgan fingerprint density at radius 3 is 2.55 bits per heavy atom. The normalized spacial score (nSPS) is 17.1. The molecule has 0 amide bonds. The van der Waals surface area contributed by atoms with E-state index in [9.17, 15) is 0 Å². The maximum absolute atomic E-state index is 3.71. The van der Waals surface area contributed by atoms with E-state index in [4.69, 9.17) is 0 Å². The highest BCUT2D eigenvalue weighted by Crippen LogP contribution is 2.36. The number of piperazine rings is 1. The van der Waals surface area contributed by atoms with Gasteiger partial charge in [0.25, 0.3) is 0 Å². The van der Waals surface area contributed by atoms with E-state index >= 15 is 0 Å². The van der Waals surface area contributed by atoms with Crippen LogP contribution in [0.3, 0.4) is 0 Å². The van der Waals surface area contributed by atoms with E-state index in [1.807, 2.05) is 11.3 Å². The van der Waals surface area contributed by atoms with Gasteiger partial charge in [-0.2, -0.15) is 0 Å². The van der Waals surface area contributed by atoms with Crippen LogP contribution in [-0.4, -0.2) is 31.1 Å². The van der Waals surface area contributed by atoms with Crippen LogP contribution in [0.4, 0.5) is 0 Å². The Bertz CT molecular complexity index is 357. The van der Waals surface area contributed by atoms with Crippen LogP contribution in [0.2, 0.25) is 0 Å². The van der Waals surface area contributed by atoms with Crippen LogP contribution in [0, 0.1) is 0 Å². The highest BCUT2D eigenvalue weighted by atomic mass is 79.9. The predicted molar refractivity (Wildman–Crippen MR) is 97.8 cm³/mol. The van der Waals surface area contributed by atoms with E-state index in [2.05, 4.69) is 44.5 Å². The number of halogens is 3. The summed E-state index contributed by atoms with van der Waals surface area (Å²) in [5.41, 5.74) is 0. The summed E-state index contributed by atoms with van der Waals surface area (Å²) in [4.78, 5) is 4.18. The minimum absolute atomic E-state index is 0. The number of nitrogens with one attached hydrogen (secondary N) is 1. The van der Waals surface area contributed by atoms with Gasteiger partial charge in [-0.1, -0.05) is 26.2 Å². The molecule has 2 rings (SSSR count). The number of rotatable bonds is 6. The summed E-state index contributed by atoms with van der Waals surface area (Å²) in [6.07, 6.45) is 5.30. The molecule has 0 aliphatic carbocycles. The van der Waals surface area contributed by atoms with Crippen LogP contribution in [-0.2, 0) is 0 Å². The van der Waals surface area contributed by atoms with Crippen molar-refractivity contribution in [2.45, 2.75) is 38.6 Å². The lowest BCUT2D eigenvalue weighted by atomic mass is 10.0. The second kappa shape index (κ2) is 11.3. The monoisotopic (exact) mass is 402 g/mol. The van der Waals surface area contributed by atoms with E-state index in [1.165, 1.54) is 48.1 Å². The second-order valence-electron chi connectivity index (χ2n) is 4.93. The van der Waals surface area contributed by atoms with Crippen molar-refractivity contribution in [3.8, 4) is 0 Å². The molecular formula is C14H25BrCl2N2S. The van der Waals surface area contributed by atoms with Crippen LogP contribution in [0.25, 0.3) is 0 Å². The summed E-state index contributed by atoms with van der Waals surface area (Å²) < 4.78 is 1.30. The van der Waals surface area contributed by atoms with Gasteiger partial charge in [-0.3, -0.25) is 4.90 Å². The molecule has 1 saturated heterocycles. The molecule has 118 valence electrons. The third kappa shape index (κ3) is 5.82. The molecule has 0 bridgehead atoms. The van der Waals surface area contributed by atoms with Crippen LogP contribution < -0.4 is 5.32 Å². The van der Waals surface area contributed by atoms with Crippen molar-refractivity contribution < 1.29 is 0 Å². The second-order valence-corrected chi connectivity index (χ2v) is 6.73. The van der Waals surface area contributed by atoms with Crippen molar-refractivity contribution in [2.75, 3.05) is 26.2 Å². The molecule has 0 spiro atoms. The molecule has 1 aliphatic heterocycles. The summed E-state index contributed by atoms with van der Waals surface area (Å²) in [5.74, 6) is 0. The minimum Gasteiger partial charge on any atom is -0.314 e. The first-order chi connectivity index (χ1) is 8.83. The van der Waals surface area contributed by atoms with Crippen molar-refractivity contribution in [1.29, 1.82) is 0 Å². The number of thiophene rings is 1. The van der Waals surface area contributed by atoms with E-state index in [1.54, 1.807) is 0 Å². The average Bonchev–Trinajstić information content (AvgIpc) is 2.82. The highest BCUT2D eigenvalue weighted by molar-refractivity contribution is 9.10. The van der Waals surface area contributed by atoms with Gasteiger partial charge in [0.1, 0.15) is 0 Å². The van der Waals surface area contributed by atoms with Gasteiger partial charge in [0, 0.05) is 41.6 Å². The molecule has 20 heavy (non-hydrogen) atoms. The molecule has 2 nitrogen and oxygen atoms in total. The molecule has 1 aromatic heterocycles. The standard InChI is InChI=1S/C14H23BrN2S.2ClH/c1-2-3-4-5-13(14-12(15)6-11-18-14)17-9-7-16-8-10-17;;/h6,11,13,16H,2-5,7-10H2,1H3;2*1H/t13-;;/m0../s1. The summed E-state index contributed by atoms with van der Waals surface area (Å²) in [5, 5.41) is 5.65. The van der Waals surface area contributed by atoms with Crippen LogP contribution in [0.1, 0.15) is 43.5 Å². The lowest BCUT2D eigenvalue weighted by Gasteiger charge is -2.34. The SMILES string of the molecule is CCCCC[C@@H](c1sccc1Br)N1CCNCC1.Cl.Cl. The first-order valence-electron chi connectivity index (χ1n) is 7.00. The zero-order valence-electron chi connectivity index (χ0n) is 11.9. The fourth-order valence-electron chi connectivity index (χ4n) is 2.60. The number of hydrogen-bond donors (Lipinski definition) is 1. The molecule has 0 saturated carbocycles. The van der Waals surface area contributed by atoms with Crippen molar-refractivity contribution in [1.82, 2.24) is 10.2 Å². The molecule has 1 aliphatic rings. The Morgan fingerprint density at radius 2 is 2.00 bits per heavy atom. The van der Waals surface area contributed by atoms with Gasteiger partial charge < -0.3 is 5.32 Å². The first kappa shape index (κ1) is 20.7. The molecule has 0 aromatic carbocycles. The number of unbranched alkanes of at least 4 members (excludes halogenated alkanes) is 2. The van der Waals surface area contributed by atoms with Gasteiger partial charge >= 0.3 is 0 Å². The van der Waals surface area contributed by atoms with Crippen LogP contribution >= 0.6 is 52.1 Å².